The van der Waals surface area contributed by atoms with Gasteiger partial charge >= 0.3 is 0 Å². The van der Waals surface area contributed by atoms with Crippen molar-refractivity contribution >= 4 is 5.91 Å². The quantitative estimate of drug-likeness (QED) is 0.738. The molecule has 2 rings (SSSR count). The number of hydrogen-bond donors (Lipinski definition) is 3. The molecular formula is C21H33NO3. The second-order valence-corrected chi connectivity index (χ2v) is 8.39. The first-order valence-electron chi connectivity index (χ1n) is 9.48. The summed E-state index contributed by atoms with van der Waals surface area (Å²) in [6.07, 6.45) is 4.00. The van der Waals surface area contributed by atoms with E-state index in [2.05, 4.69) is 38.2 Å². The first-order chi connectivity index (χ1) is 11.8. The summed E-state index contributed by atoms with van der Waals surface area (Å²) in [6.45, 7) is 6.74. The lowest BCUT2D eigenvalue weighted by Crippen LogP contribution is -2.38. The Kier molecular flexibility index (Phi) is 7.03. The molecule has 0 radical (unpaired) electrons. The molecule has 1 saturated carbocycles. The molecular weight excluding hydrogens is 314 g/mol. The van der Waals surface area contributed by atoms with Crippen LogP contribution in [0, 0.1) is 5.92 Å². The third-order valence-electron chi connectivity index (χ3n) is 5.28. The largest absolute Gasteiger partial charge is 0.396 e. The van der Waals surface area contributed by atoms with Crippen molar-refractivity contribution in [2.24, 2.45) is 5.92 Å². The average molecular weight is 347 g/mol. The van der Waals surface area contributed by atoms with Gasteiger partial charge in [-0.1, -0.05) is 45.0 Å². The predicted octanol–water partition coefficient (Wildman–Crippen LogP) is 3.47. The molecule has 3 N–H and O–H groups in total. The number of carbonyl (C=O) groups is 1. The zero-order chi connectivity index (χ0) is 18.4. The highest BCUT2D eigenvalue weighted by Gasteiger charge is 2.22. The van der Waals surface area contributed by atoms with Gasteiger partial charge in [0.1, 0.15) is 0 Å². The average Bonchev–Trinajstić information content (AvgIpc) is 2.59. The Hall–Kier alpha value is -1.39. The van der Waals surface area contributed by atoms with Gasteiger partial charge in [0.05, 0.1) is 6.10 Å². The van der Waals surface area contributed by atoms with Gasteiger partial charge < -0.3 is 15.5 Å². The highest BCUT2D eigenvalue weighted by Crippen LogP contribution is 2.26. The molecule has 0 aromatic heterocycles. The fraction of sp³-hybridized carbons (Fsp3) is 0.667. The molecule has 1 atom stereocenters. The number of benzene rings is 1. The number of rotatable bonds is 6. The minimum absolute atomic E-state index is 0.0119. The highest BCUT2D eigenvalue weighted by molar-refractivity contribution is 5.76. The number of aliphatic hydroxyl groups is 2. The van der Waals surface area contributed by atoms with Gasteiger partial charge in [-0.05, 0) is 54.6 Å². The summed E-state index contributed by atoms with van der Waals surface area (Å²) < 4.78 is 0. The lowest BCUT2D eigenvalue weighted by Gasteiger charge is -2.28. The maximum Gasteiger partial charge on any atom is 0.220 e. The number of hydrogen-bond acceptors (Lipinski definition) is 3. The van der Waals surface area contributed by atoms with Crippen LogP contribution in [0.1, 0.15) is 76.5 Å². The van der Waals surface area contributed by atoms with Crippen molar-refractivity contribution in [1.82, 2.24) is 5.32 Å². The molecule has 4 nitrogen and oxygen atoms in total. The first kappa shape index (κ1) is 19.9. The van der Waals surface area contributed by atoms with Crippen molar-refractivity contribution in [3.8, 4) is 0 Å². The molecule has 140 valence electrons. The minimum Gasteiger partial charge on any atom is -0.396 e. The molecule has 1 amide bonds. The van der Waals surface area contributed by atoms with Gasteiger partial charge in [-0.15, -0.1) is 0 Å². The summed E-state index contributed by atoms with van der Waals surface area (Å²) in [5.74, 6) is 0.406. The maximum absolute atomic E-state index is 12.1. The smallest absolute Gasteiger partial charge is 0.220 e. The second kappa shape index (κ2) is 8.81. The summed E-state index contributed by atoms with van der Waals surface area (Å²) in [6, 6.07) is 8.24. The topological polar surface area (TPSA) is 69.6 Å². The van der Waals surface area contributed by atoms with Crippen LogP contribution in [-0.4, -0.2) is 28.8 Å². The molecule has 1 aliphatic carbocycles. The van der Waals surface area contributed by atoms with E-state index in [0.717, 1.165) is 31.2 Å². The van der Waals surface area contributed by atoms with Gasteiger partial charge in [-0.3, -0.25) is 4.79 Å². The van der Waals surface area contributed by atoms with Gasteiger partial charge in [0, 0.05) is 19.1 Å². The molecule has 0 spiro atoms. The van der Waals surface area contributed by atoms with Crippen LogP contribution in [0.4, 0.5) is 0 Å². The van der Waals surface area contributed by atoms with Crippen LogP contribution in [0.2, 0.25) is 0 Å². The molecule has 0 heterocycles. The molecule has 0 saturated heterocycles. The van der Waals surface area contributed by atoms with Gasteiger partial charge in [0.15, 0.2) is 0 Å². The molecule has 0 bridgehead atoms. The Balaban J connectivity index is 1.75. The van der Waals surface area contributed by atoms with Crippen LogP contribution >= 0.6 is 0 Å². The van der Waals surface area contributed by atoms with Crippen molar-refractivity contribution in [2.45, 2.75) is 76.9 Å². The van der Waals surface area contributed by atoms with Crippen molar-refractivity contribution in [2.75, 3.05) is 6.61 Å². The number of aliphatic hydroxyl groups excluding tert-OH is 2. The third-order valence-corrected chi connectivity index (χ3v) is 5.28. The van der Waals surface area contributed by atoms with Crippen molar-refractivity contribution in [1.29, 1.82) is 0 Å². The number of amides is 1. The molecule has 0 aliphatic heterocycles. The Bertz CT molecular complexity index is 539. The van der Waals surface area contributed by atoms with Gasteiger partial charge in [0.2, 0.25) is 5.91 Å². The Morgan fingerprint density at radius 2 is 1.76 bits per heavy atom. The molecule has 1 aliphatic rings. The summed E-state index contributed by atoms with van der Waals surface area (Å²) in [7, 11) is 0. The lowest BCUT2D eigenvalue weighted by atomic mass is 9.86. The molecule has 1 fully saturated rings. The van der Waals surface area contributed by atoms with E-state index in [1.807, 2.05) is 12.1 Å². The van der Waals surface area contributed by atoms with Crippen molar-refractivity contribution in [3.63, 3.8) is 0 Å². The van der Waals surface area contributed by atoms with Crippen LogP contribution < -0.4 is 5.32 Å². The van der Waals surface area contributed by atoms with E-state index in [-0.39, 0.29) is 24.0 Å². The molecule has 1 aromatic carbocycles. The molecule has 4 heteroatoms. The van der Waals surface area contributed by atoms with Crippen LogP contribution in [0.3, 0.4) is 0 Å². The van der Waals surface area contributed by atoms with E-state index in [4.69, 9.17) is 5.11 Å². The summed E-state index contributed by atoms with van der Waals surface area (Å²) in [5, 5.41) is 22.6. The van der Waals surface area contributed by atoms with Crippen LogP contribution in [-0.2, 0) is 10.2 Å². The van der Waals surface area contributed by atoms with Crippen LogP contribution in [0.15, 0.2) is 24.3 Å². The fourth-order valence-electron chi connectivity index (χ4n) is 3.43. The normalized spacial score (nSPS) is 22.4. The van der Waals surface area contributed by atoms with Gasteiger partial charge in [0.25, 0.3) is 0 Å². The zero-order valence-corrected chi connectivity index (χ0v) is 15.8. The van der Waals surface area contributed by atoms with Crippen molar-refractivity contribution < 1.29 is 15.0 Å². The standard InChI is InChI=1S/C21H33NO3/c1-21(2,3)17-8-6-16(7-9-17)19(24)12-13-20(25)22-18-10-4-15(14-23)5-11-18/h6-9,15,18-19,23-24H,4-5,10-14H2,1-3H3,(H,22,25)/t15?,18?,19-/m0/s1. The van der Waals surface area contributed by atoms with Gasteiger partial charge in [-0.2, -0.15) is 0 Å². The van der Waals surface area contributed by atoms with Crippen LogP contribution in [0.25, 0.3) is 0 Å². The molecule has 0 unspecified atom stereocenters. The highest BCUT2D eigenvalue weighted by atomic mass is 16.3. The zero-order valence-electron chi connectivity index (χ0n) is 15.8. The van der Waals surface area contributed by atoms with Crippen molar-refractivity contribution in [3.05, 3.63) is 35.4 Å². The lowest BCUT2D eigenvalue weighted by molar-refractivity contribution is -0.122. The Labute approximate surface area is 151 Å². The summed E-state index contributed by atoms with van der Waals surface area (Å²) in [5.41, 5.74) is 2.20. The molecule has 1 aromatic rings. The summed E-state index contributed by atoms with van der Waals surface area (Å²) >= 11 is 0. The van der Waals surface area contributed by atoms with E-state index in [1.165, 1.54) is 5.56 Å². The van der Waals surface area contributed by atoms with E-state index in [0.29, 0.717) is 18.8 Å². The summed E-state index contributed by atoms with van der Waals surface area (Å²) in [4.78, 5) is 12.1. The fourth-order valence-corrected chi connectivity index (χ4v) is 3.43. The maximum atomic E-state index is 12.1. The predicted molar refractivity (Wildman–Crippen MR) is 100 cm³/mol. The van der Waals surface area contributed by atoms with E-state index >= 15 is 0 Å². The van der Waals surface area contributed by atoms with E-state index in [1.54, 1.807) is 0 Å². The molecule has 25 heavy (non-hydrogen) atoms. The third kappa shape index (κ3) is 6.12. The SMILES string of the molecule is CC(C)(C)c1ccc([C@@H](O)CCC(=O)NC2CCC(CO)CC2)cc1. The number of carbonyl (C=O) groups excluding carboxylic acids is 1. The first-order valence-corrected chi connectivity index (χ1v) is 9.48. The van der Waals surface area contributed by atoms with Crippen LogP contribution in [0.5, 0.6) is 0 Å². The Morgan fingerprint density at radius 1 is 1.16 bits per heavy atom. The second-order valence-electron chi connectivity index (χ2n) is 8.39. The Morgan fingerprint density at radius 3 is 2.28 bits per heavy atom. The minimum atomic E-state index is -0.607. The number of nitrogens with one attached hydrogen (secondary N) is 1. The monoisotopic (exact) mass is 347 g/mol. The van der Waals surface area contributed by atoms with E-state index < -0.39 is 6.10 Å². The van der Waals surface area contributed by atoms with Gasteiger partial charge in [-0.25, -0.2) is 0 Å². The van der Waals surface area contributed by atoms with E-state index in [9.17, 15) is 9.90 Å².